The number of rotatable bonds is 6. The van der Waals surface area contributed by atoms with Crippen molar-refractivity contribution in [3.63, 3.8) is 0 Å². The van der Waals surface area contributed by atoms with Crippen LogP contribution in [0.15, 0.2) is 0 Å². The minimum atomic E-state index is 0. The van der Waals surface area contributed by atoms with Gasteiger partial charge < -0.3 is 10.6 Å². The van der Waals surface area contributed by atoms with Gasteiger partial charge in [0.1, 0.15) is 0 Å². The van der Waals surface area contributed by atoms with E-state index in [2.05, 4.69) is 22.5 Å². The Hall–Kier alpha value is -0.0300. The Bertz CT molecular complexity index is 205. The Morgan fingerprint density at radius 1 is 1.41 bits per heavy atom. The van der Waals surface area contributed by atoms with E-state index < -0.39 is 0 Å². The first-order chi connectivity index (χ1) is 7.27. The van der Waals surface area contributed by atoms with Gasteiger partial charge in [0.15, 0.2) is 0 Å². The summed E-state index contributed by atoms with van der Waals surface area (Å²) < 4.78 is 0. The Morgan fingerprint density at radius 2 is 2.12 bits per heavy atom. The molecule has 0 aliphatic carbocycles. The maximum atomic E-state index is 11.4. The summed E-state index contributed by atoms with van der Waals surface area (Å²) in [5.41, 5.74) is 0. The molecule has 2 N–H and O–H groups in total. The van der Waals surface area contributed by atoms with Crippen LogP contribution >= 0.6 is 24.8 Å². The van der Waals surface area contributed by atoms with Gasteiger partial charge in [-0.15, -0.1) is 24.8 Å². The fourth-order valence-electron chi connectivity index (χ4n) is 2.10. The van der Waals surface area contributed by atoms with E-state index in [9.17, 15) is 4.79 Å². The van der Waals surface area contributed by atoms with Crippen molar-refractivity contribution in [2.45, 2.75) is 32.2 Å². The number of amides is 1. The average Bonchev–Trinajstić information content (AvgIpc) is 2.70. The van der Waals surface area contributed by atoms with E-state index in [-0.39, 0.29) is 30.7 Å². The predicted molar refractivity (Wildman–Crippen MR) is 76.3 cm³/mol. The Kier molecular flexibility index (Phi) is 12.6. The fourth-order valence-corrected chi connectivity index (χ4v) is 2.10. The van der Waals surface area contributed by atoms with Crippen molar-refractivity contribution in [1.29, 1.82) is 0 Å². The summed E-state index contributed by atoms with van der Waals surface area (Å²) >= 11 is 0. The summed E-state index contributed by atoms with van der Waals surface area (Å²) in [6.07, 6.45) is 3.07. The van der Waals surface area contributed by atoms with E-state index in [0.29, 0.717) is 12.5 Å². The van der Waals surface area contributed by atoms with Crippen LogP contribution in [0.2, 0.25) is 0 Å². The number of carbonyl (C=O) groups excluding carboxylic acids is 1. The first-order valence-electron chi connectivity index (χ1n) is 5.93. The minimum Gasteiger partial charge on any atom is -0.354 e. The molecule has 4 nitrogen and oxygen atoms in total. The summed E-state index contributed by atoms with van der Waals surface area (Å²) in [7, 11) is 1.86. The molecule has 0 aromatic carbocycles. The Labute approximate surface area is 117 Å². The lowest BCUT2D eigenvalue weighted by Gasteiger charge is -2.22. The molecule has 104 valence electrons. The first kappa shape index (κ1) is 19.3. The van der Waals surface area contributed by atoms with Crippen molar-refractivity contribution >= 4 is 30.7 Å². The average molecular weight is 286 g/mol. The van der Waals surface area contributed by atoms with Crippen LogP contribution < -0.4 is 10.6 Å². The molecule has 1 saturated heterocycles. The zero-order valence-electron chi connectivity index (χ0n) is 10.7. The number of likely N-dealkylation sites (tertiary alicyclic amines) is 1. The van der Waals surface area contributed by atoms with Gasteiger partial charge in [-0.1, -0.05) is 6.92 Å². The van der Waals surface area contributed by atoms with E-state index in [1.54, 1.807) is 0 Å². The zero-order chi connectivity index (χ0) is 11.1. The molecular formula is C11H25Cl2N3O. The van der Waals surface area contributed by atoms with Gasteiger partial charge in [-0.2, -0.15) is 0 Å². The molecular weight excluding hydrogens is 261 g/mol. The summed E-state index contributed by atoms with van der Waals surface area (Å²) in [5, 5.41) is 5.98. The van der Waals surface area contributed by atoms with E-state index in [0.717, 1.165) is 19.6 Å². The molecule has 0 spiro atoms. The van der Waals surface area contributed by atoms with Crippen molar-refractivity contribution < 1.29 is 4.79 Å². The number of likely N-dealkylation sites (N-methyl/N-ethyl adjacent to an activating group) is 1. The normalized spacial score (nSPS) is 19.3. The van der Waals surface area contributed by atoms with Crippen molar-refractivity contribution in [2.24, 2.45) is 0 Å². The molecule has 6 heteroatoms. The molecule has 1 fully saturated rings. The van der Waals surface area contributed by atoms with Gasteiger partial charge in [0.05, 0.1) is 0 Å². The monoisotopic (exact) mass is 285 g/mol. The molecule has 1 rings (SSSR count). The smallest absolute Gasteiger partial charge is 0.221 e. The van der Waals surface area contributed by atoms with Gasteiger partial charge in [-0.3, -0.25) is 9.69 Å². The van der Waals surface area contributed by atoms with Crippen LogP contribution in [-0.4, -0.2) is 50.1 Å². The molecule has 0 bridgehead atoms. The summed E-state index contributed by atoms with van der Waals surface area (Å²) in [5.74, 6) is 0.160. The van der Waals surface area contributed by atoms with Crippen LogP contribution in [0.25, 0.3) is 0 Å². The van der Waals surface area contributed by atoms with Crippen LogP contribution in [0.5, 0.6) is 0 Å². The van der Waals surface area contributed by atoms with Gasteiger partial charge in [0.25, 0.3) is 0 Å². The topological polar surface area (TPSA) is 44.4 Å². The molecule has 1 unspecified atom stereocenters. The fraction of sp³-hybridized carbons (Fsp3) is 0.909. The summed E-state index contributed by atoms with van der Waals surface area (Å²) in [4.78, 5) is 13.8. The third-order valence-electron chi connectivity index (χ3n) is 3.04. The van der Waals surface area contributed by atoms with Crippen molar-refractivity contribution in [3.8, 4) is 0 Å². The van der Waals surface area contributed by atoms with Gasteiger partial charge >= 0.3 is 0 Å². The van der Waals surface area contributed by atoms with Crippen LogP contribution in [0, 0.1) is 0 Å². The lowest BCUT2D eigenvalue weighted by Crippen LogP contribution is -2.40. The second-order valence-corrected chi connectivity index (χ2v) is 4.08. The van der Waals surface area contributed by atoms with Crippen molar-refractivity contribution in [2.75, 3.05) is 33.2 Å². The highest BCUT2D eigenvalue weighted by atomic mass is 35.5. The van der Waals surface area contributed by atoms with Crippen molar-refractivity contribution in [3.05, 3.63) is 0 Å². The van der Waals surface area contributed by atoms with E-state index in [4.69, 9.17) is 0 Å². The van der Waals surface area contributed by atoms with Gasteiger partial charge in [-0.25, -0.2) is 0 Å². The second kappa shape index (κ2) is 11.1. The molecule has 1 heterocycles. The Morgan fingerprint density at radius 3 is 2.71 bits per heavy atom. The van der Waals surface area contributed by atoms with Crippen molar-refractivity contribution in [1.82, 2.24) is 15.5 Å². The SMILES string of the molecule is CCN1CCCC1CNC(=O)CCNC.Cl.Cl. The largest absolute Gasteiger partial charge is 0.354 e. The maximum Gasteiger partial charge on any atom is 0.221 e. The number of hydrogen-bond acceptors (Lipinski definition) is 3. The third-order valence-corrected chi connectivity index (χ3v) is 3.04. The highest BCUT2D eigenvalue weighted by Crippen LogP contribution is 2.15. The molecule has 1 atom stereocenters. The van der Waals surface area contributed by atoms with Gasteiger partial charge in [0, 0.05) is 25.6 Å². The highest BCUT2D eigenvalue weighted by Gasteiger charge is 2.22. The number of carbonyl (C=O) groups is 1. The quantitative estimate of drug-likeness (QED) is 0.767. The number of hydrogen-bond donors (Lipinski definition) is 2. The lowest BCUT2D eigenvalue weighted by molar-refractivity contribution is -0.121. The second-order valence-electron chi connectivity index (χ2n) is 4.08. The molecule has 0 aromatic rings. The molecule has 17 heavy (non-hydrogen) atoms. The number of halogens is 2. The number of nitrogens with zero attached hydrogens (tertiary/aromatic N) is 1. The number of nitrogens with one attached hydrogen (secondary N) is 2. The highest BCUT2D eigenvalue weighted by molar-refractivity contribution is 5.85. The molecule has 0 aromatic heterocycles. The summed E-state index contributed by atoms with van der Waals surface area (Å²) in [6.45, 7) is 6.04. The van der Waals surface area contributed by atoms with Gasteiger partial charge in [0.2, 0.25) is 5.91 Å². The molecule has 0 radical (unpaired) electrons. The minimum absolute atomic E-state index is 0. The van der Waals surface area contributed by atoms with Crippen LogP contribution in [-0.2, 0) is 4.79 Å². The Balaban J connectivity index is 0. The predicted octanol–water partition coefficient (Wildman–Crippen LogP) is 1.04. The first-order valence-corrected chi connectivity index (χ1v) is 5.93. The summed E-state index contributed by atoms with van der Waals surface area (Å²) in [6, 6.07) is 0.563. The van der Waals surface area contributed by atoms with Crippen LogP contribution in [0.3, 0.4) is 0 Å². The van der Waals surface area contributed by atoms with E-state index >= 15 is 0 Å². The van der Waals surface area contributed by atoms with Crippen LogP contribution in [0.1, 0.15) is 26.2 Å². The standard InChI is InChI=1S/C11H23N3O.2ClH/c1-3-14-8-4-5-10(14)9-13-11(15)6-7-12-2;;/h10,12H,3-9H2,1-2H3,(H,13,15);2*1H. The molecule has 1 amide bonds. The molecule has 1 aliphatic rings. The van der Waals surface area contributed by atoms with E-state index in [1.165, 1.54) is 19.4 Å². The van der Waals surface area contributed by atoms with Gasteiger partial charge in [-0.05, 0) is 33.0 Å². The zero-order valence-corrected chi connectivity index (χ0v) is 12.3. The molecule has 0 saturated carbocycles. The molecule has 1 aliphatic heterocycles. The van der Waals surface area contributed by atoms with Crippen LogP contribution in [0.4, 0.5) is 0 Å². The van der Waals surface area contributed by atoms with E-state index in [1.807, 2.05) is 7.05 Å². The maximum absolute atomic E-state index is 11.4. The third kappa shape index (κ3) is 7.09. The lowest BCUT2D eigenvalue weighted by atomic mass is 10.2.